The zero-order chi connectivity index (χ0) is 15.7. The second-order valence-electron chi connectivity index (χ2n) is 5.60. The fraction of sp³-hybridized carbons (Fsp3) is 0.400. The number of nitrogens with one attached hydrogen (secondary N) is 1. The summed E-state index contributed by atoms with van der Waals surface area (Å²) in [6.07, 6.45) is 1.13. The number of hydrogen-bond acceptors (Lipinski definition) is 4. The van der Waals surface area contributed by atoms with Gasteiger partial charge in [0.25, 0.3) is 0 Å². The Kier molecular flexibility index (Phi) is 3.62. The number of amides is 1. The van der Waals surface area contributed by atoms with Crippen molar-refractivity contribution in [1.82, 2.24) is 5.32 Å². The number of nitrogens with two attached hydrogens (primary N) is 1. The molecule has 1 aromatic carbocycles. The van der Waals surface area contributed by atoms with Crippen LogP contribution in [-0.2, 0) is 10.2 Å². The lowest BCUT2D eigenvalue weighted by molar-refractivity contribution is 0.143. The first-order valence-electron chi connectivity index (χ1n) is 7.07. The Morgan fingerprint density at radius 3 is 2.73 bits per heavy atom. The molecule has 1 aliphatic carbocycles. The Bertz CT molecular complexity index is 649. The van der Waals surface area contributed by atoms with Crippen molar-refractivity contribution in [3.05, 3.63) is 29.8 Å². The summed E-state index contributed by atoms with van der Waals surface area (Å²) >= 11 is 4.74. The Hall–Kier alpha value is -2.33. The van der Waals surface area contributed by atoms with E-state index in [2.05, 4.69) is 11.4 Å². The maximum absolute atomic E-state index is 11.9. The van der Waals surface area contributed by atoms with E-state index in [-0.39, 0.29) is 22.7 Å². The molecule has 1 saturated carbocycles. The summed E-state index contributed by atoms with van der Waals surface area (Å²) in [7, 11) is 0. The summed E-state index contributed by atoms with van der Waals surface area (Å²) in [5.41, 5.74) is 6.83. The van der Waals surface area contributed by atoms with Crippen molar-refractivity contribution in [1.29, 1.82) is 5.26 Å². The highest BCUT2D eigenvalue weighted by Crippen LogP contribution is 2.47. The van der Waals surface area contributed by atoms with Crippen LogP contribution in [0.15, 0.2) is 24.3 Å². The molecule has 0 aromatic heterocycles. The van der Waals surface area contributed by atoms with Crippen molar-refractivity contribution in [2.45, 2.75) is 24.4 Å². The highest BCUT2D eigenvalue weighted by Gasteiger charge is 2.44. The Morgan fingerprint density at radius 2 is 2.18 bits per heavy atom. The van der Waals surface area contributed by atoms with Crippen LogP contribution < -0.4 is 16.0 Å². The van der Waals surface area contributed by atoms with E-state index < -0.39 is 0 Å². The molecule has 0 bridgehead atoms. The quantitative estimate of drug-likeness (QED) is 0.816. The molecule has 3 rings (SSSR count). The summed E-state index contributed by atoms with van der Waals surface area (Å²) in [5.74, 6) is 0. The number of carbonyl (C=O) groups excluding carboxylic acids is 1. The number of cyclic esters (lactones) is 1. The lowest BCUT2D eigenvalue weighted by atomic mass is 9.97. The number of nitriles is 1. The minimum absolute atomic E-state index is 0.185. The van der Waals surface area contributed by atoms with Gasteiger partial charge in [0.05, 0.1) is 24.6 Å². The summed E-state index contributed by atoms with van der Waals surface area (Å²) in [6, 6.07) is 9.91. The number of rotatable bonds is 4. The van der Waals surface area contributed by atoms with E-state index in [1.807, 2.05) is 24.3 Å². The summed E-state index contributed by atoms with van der Waals surface area (Å²) in [6.45, 7) is 0.838. The zero-order valence-electron chi connectivity index (χ0n) is 11.9. The maximum Gasteiger partial charge on any atom is 0.414 e. The smallest absolute Gasteiger partial charge is 0.414 e. The standard InChI is InChI=1S/C15H16N4O2S/c16-9-15(5-6-15)10-1-3-11(4-2-10)19-8-12(21-14(19)20)7-18-13(17)22/h1-4,12H,5-8H2,(H3,17,18,22)/t12-/m0/s1. The minimum atomic E-state index is -0.385. The molecule has 0 unspecified atom stereocenters. The van der Waals surface area contributed by atoms with Crippen molar-refractivity contribution < 1.29 is 9.53 Å². The van der Waals surface area contributed by atoms with Gasteiger partial charge in [-0.15, -0.1) is 0 Å². The molecule has 7 heteroatoms. The molecule has 2 fully saturated rings. The van der Waals surface area contributed by atoms with E-state index in [9.17, 15) is 10.1 Å². The van der Waals surface area contributed by atoms with Crippen LogP contribution in [0.5, 0.6) is 0 Å². The van der Waals surface area contributed by atoms with Gasteiger partial charge in [0.2, 0.25) is 0 Å². The maximum atomic E-state index is 11.9. The Balaban J connectivity index is 1.68. The van der Waals surface area contributed by atoms with E-state index in [1.165, 1.54) is 0 Å². The number of hydrogen-bond donors (Lipinski definition) is 2. The molecule has 0 spiro atoms. The predicted molar refractivity (Wildman–Crippen MR) is 85.4 cm³/mol. The van der Waals surface area contributed by atoms with Gasteiger partial charge in [0.1, 0.15) is 6.10 Å². The monoisotopic (exact) mass is 316 g/mol. The van der Waals surface area contributed by atoms with Crippen LogP contribution in [0.3, 0.4) is 0 Å². The summed E-state index contributed by atoms with van der Waals surface area (Å²) in [4.78, 5) is 13.5. The first kappa shape index (κ1) is 14.6. The van der Waals surface area contributed by atoms with Gasteiger partial charge in [-0.3, -0.25) is 4.90 Å². The number of thiocarbonyl (C=S) groups is 1. The van der Waals surface area contributed by atoms with Crippen molar-refractivity contribution >= 4 is 29.1 Å². The summed E-state index contributed by atoms with van der Waals surface area (Å²) < 4.78 is 5.27. The van der Waals surface area contributed by atoms with E-state index in [4.69, 9.17) is 22.7 Å². The Morgan fingerprint density at radius 1 is 1.50 bits per heavy atom. The lowest BCUT2D eigenvalue weighted by Crippen LogP contribution is -2.37. The third-order valence-electron chi connectivity index (χ3n) is 4.07. The van der Waals surface area contributed by atoms with Crippen molar-refractivity contribution in [2.75, 3.05) is 18.0 Å². The molecule has 3 N–H and O–H groups in total. The van der Waals surface area contributed by atoms with E-state index >= 15 is 0 Å². The van der Waals surface area contributed by atoms with Crippen LogP contribution in [0.2, 0.25) is 0 Å². The van der Waals surface area contributed by atoms with Gasteiger partial charge in [0.15, 0.2) is 5.11 Å². The zero-order valence-corrected chi connectivity index (χ0v) is 12.7. The molecule has 0 radical (unpaired) electrons. The normalized spacial score (nSPS) is 21.9. The first-order valence-corrected chi connectivity index (χ1v) is 7.48. The predicted octanol–water partition coefficient (Wildman–Crippen LogP) is 1.40. The molecule has 1 saturated heterocycles. The lowest BCUT2D eigenvalue weighted by Gasteiger charge is -2.14. The Labute approximate surface area is 133 Å². The molecule has 1 aliphatic heterocycles. The number of carbonyl (C=O) groups is 1. The van der Waals surface area contributed by atoms with Gasteiger partial charge < -0.3 is 15.8 Å². The first-order chi connectivity index (χ1) is 10.5. The second kappa shape index (κ2) is 5.46. The van der Waals surface area contributed by atoms with Crippen molar-refractivity contribution in [2.24, 2.45) is 5.73 Å². The average molecular weight is 316 g/mol. The van der Waals surface area contributed by atoms with Gasteiger partial charge in [0, 0.05) is 5.69 Å². The fourth-order valence-corrected chi connectivity index (χ4v) is 2.69. The molecular weight excluding hydrogens is 300 g/mol. The van der Waals surface area contributed by atoms with Gasteiger partial charge >= 0.3 is 6.09 Å². The highest BCUT2D eigenvalue weighted by atomic mass is 32.1. The molecule has 1 aromatic rings. The third kappa shape index (κ3) is 2.70. The number of benzene rings is 1. The molecule has 1 atom stereocenters. The van der Waals surface area contributed by atoms with Crippen molar-refractivity contribution in [3.8, 4) is 6.07 Å². The van der Waals surface area contributed by atoms with Gasteiger partial charge in [-0.1, -0.05) is 12.1 Å². The van der Waals surface area contributed by atoms with Crippen LogP contribution in [0, 0.1) is 11.3 Å². The van der Waals surface area contributed by atoms with Crippen LogP contribution >= 0.6 is 12.2 Å². The molecule has 1 amide bonds. The second-order valence-corrected chi connectivity index (χ2v) is 6.04. The number of ether oxygens (including phenoxy) is 1. The molecule has 6 nitrogen and oxygen atoms in total. The molecular formula is C15H16N4O2S. The van der Waals surface area contributed by atoms with Crippen LogP contribution in [0.1, 0.15) is 18.4 Å². The molecule has 2 aliphatic rings. The topological polar surface area (TPSA) is 91.4 Å². The molecule has 22 heavy (non-hydrogen) atoms. The van der Waals surface area contributed by atoms with Crippen LogP contribution in [0.25, 0.3) is 0 Å². The number of anilines is 1. The molecule has 1 heterocycles. The highest BCUT2D eigenvalue weighted by molar-refractivity contribution is 7.80. The van der Waals surface area contributed by atoms with Gasteiger partial charge in [-0.25, -0.2) is 4.79 Å². The van der Waals surface area contributed by atoms with E-state index in [1.54, 1.807) is 4.90 Å². The fourth-order valence-electron chi connectivity index (χ4n) is 2.60. The number of nitrogens with zero attached hydrogens (tertiary/aromatic N) is 2. The van der Waals surface area contributed by atoms with Crippen LogP contribution in [-0.4, -0.2) is 30.4 Å². The van der Waals surface area contributed by atoms with E-state index in [0.717, 1.165) is 24.1 Å². The largest absolute Gasteiger partial charge is 0.442 e. The van der Waals surface area contributed by atoms with Crippen molar-refractivity contribution in [3.63, 3.8) is 0 Å². The third-order valence-corrected chi connectivity index (χ3v) is 4.22. The van der Waals surface area contributed by atoms with E-state index in [0.29, 0.717) is 13.1 Å². The molecule has 114 valence electrons. The van der Waals surface area contributed by atoms with Gasteiger partial charge in [-0.05, 0) is 42.8 Å². The summed E-state index contributed by atoms with van der Waals surface area (Å²) in [5, 5.41) is 12.2. The average Bonchev–Trinajstić information content (AvgIpc) is 3.23. The minimum Gasteiger partial charge on any atom is -0.442 e. The SMILES string of the molecule is N#CC1(c2ccc(N3C[C@H](CNC(N)=S)OC3=O)cc2)CC1. The van der Waals surface area contributed by atoms with Crippen LogP contribution in [0.4, 0.5) is 10.5 Å². The van der Waals surface area contributed by atoms with Gasteiger partial charge in [-0.2, -0.15) is 5.26 Å².